The number of esters is 1. The van der Waals surface area contributed by atoms with E-state index in [1.807, 2.05) is 6.07 Å². The Morgan fingerprint density at radius 2 is 1.80 bits per heavy atom. The highest BCUT2D eigenvalue weighted by Crippen LogP contribution is 2.23. The predicted molar refractivity (Wildman–Crippen MR) is 107 cm³/mol. The van der Waals surface area contributed by atoms with Gasteiger partial charge < -0.3 is 20.2 Å². The van der Waals surface area contributed by atoms with Gasteiger partial charge >= 0.3 is 13.5 Å². The Balaban J connectivity index is 2.23. The molecule has 1 atom stereocenters. The Kier molecular flexibility index (Phi) is 8.50. The van der Waals surface area contributed by atoms with E-state index in [2.05, 4.69) is 5.32 Å². The zero-order chi connectivity index (χ0) is 22.3. The molecule has 2 rings (SSSR count). The molecule has 0 aliphatic carbocycles. The maximum Gasteiger partial charge on any atom is 0.329 e. The summed E-state index contributed by atoms with van der Waals surface area (Å²) >= 11 is 0. The van der Waals surface area contributed by atoms with Gasteiger partial charge in [0.1, 0.15) is 12.6 Å². The van der Waals surface area contributed by atoms with E-state index in [1.54, 1.807) is 38.1 Å². The van der Waals surface area contributed by atoms with Crippen molar-refractivity contribution in [1.82, 2.24) is 5.32 Å². The third-order valence-corrected chi connectivity index (χ3v) is 4.57. The first-order chi connectivity index (χ1) is 14.3. The van der Waals surface area contributed by atoms with Crippen molar-refractivity contribution in [3.05, 3.63) is 64.7 Å². The van der Waals surface area contributed by atoms with Gasteiger partial charge in [-0.3, -0.25) is 4.79 Å². The van der Waals surface area contributed by atoms with Crippen LogP contribution in [0.25, 0.3) is 0 Å². The molecule has 30 heavy (non-hydrogen) atoms. The Morgan fingerprint density at radius 3 is 2.33 bits per heavy atom. The molecule has 0 fully saturated rings. The summed E-state index contributed by atoms with van der Waals surface area (Å²) in [7, 11) is 0.428. The lowest BCUT2D eigenvalue weighted by Crippen LogP contribution is -2.46. The van der Waals surface area contributed by atoms with Crippen molar-refractivity contribution in [2.45, 2.75) is 39.5 Å². The van der Waals surface area contributed by atoms with E-state index in [0.717, 1.165) is 11.6 Å². The third-order valence-electron chi connectivity index (χ3n) is 4.57. The molecule has 159 valence electrons. The van der Waals surface area contributed by atoms with Crippen molar-refractivity contribution in [3.63, 3.8) is 0 Å². The second kappa shape index (κ2) is 10.8. The van der Waals surface area contributed by atoms with Crippen LogP contribution < -0.4 is 10.8 Å². The molecule has 0 heterocycles. The van der Waals surface area contributed by atoms with Crippen molar-refractivity contribution in [1.29, 1.82) is 0 Å². The average molecular weight is 418 g/mol. The van der Waals surface area contributed by atoms with Crippen molar-refractivity contribution < 1.29 is 33.2 Å². The van der Waals surface area contributed by atoms with Crippen molar-refractivity contribution in [3.8, 4) is 0 Å². The lowest BCUT2D eigenvalue weighted by atomic mass is 9.78. The van der Waals surface area contributed by atoms with Gasteiger partial charge in [-0.1, -0.05) is 50.2 Å². The fourth-order valence-corrected chi connectivity index (χ4v) is 2.94. The monoisotopic (exact) mass is 418 g/mol. The summed E-state index contributed by atoms with van der Waals surface area (Å²) in [6.45, 7) is 2.79. The maximum absolute atomic E-state index is 13.6. The second-order valence-electron chi connectivity index (χ2n) is 6.98. The summed E-state index contributed by atoms with van der Waals surface area (Å²) in [5.41, 5.74) is -0.631. The number of ether oxygens (including phenoxy) is 1. The van der Waals surface area contributed by atoms with Crippen LogP contribution in [0.5, 0.6) is 0 Å². The molecule has 0 saturated carbocycles. The maximum atomic E-state index is 13.6. The molecule has 0 aromatic heterocycles. The van der Waals surface area contributed by atoms with Crippen molar-refractivity contribution in [2.24, 2.45) is 5.92 Å². The summed E-state index contributed by atoms with van der Waals surface area (Å²) < 4.78 is 32.5. The van der Waals surface area contributed by atoms with E-state index in [4.69, 9.17) is 4.74 Å². The highest BCUT2D eigenvalue weighted by molar-refractivity contribution is 6.47. The molecule has 0 spiro atoms. The van der Waals surface area contributed by atoms with Gasteiger partial charge in [-0.15, -0.1) is 0 Å². The molecule has 2 aromatic rings. The van der Waals surface area contributed by atoms with Crippen LogP contribution >= 0.6 is 0 Å². The van der Waals surface area contributed by atoms with Crippen molar-refractivity contribution in [2.75, 3.05) is 0 Å². The topological polar surface area (TPSA) is 95.9 Å². The normalized spacial score (nSPS) is 12.0. The minimum atomic E-state index is -3.09. The SMILES string of the molecule is CC(C)[C@H](NC(=O)c1ccc(CO)c([B]O)c1C(F)F)C(=O)OCc1ccccc1. The number of aliphatic hydroxyl groups excluding tert-OH is 1. The standard InChI is InChI=1S/C21H23BF2NO5/c1-12(2)18(21(28)30-11-13-6-4-3-5-7-13)25-20(27)15-9-8-14(10-26)17(22-29)16(15)19(23)24/h3-9,12,18-19,26,29H,10-11H2,1-2H3,(H,25,27)/t18-/m0/s1. The minimum Gasteiger partial charge on any atom is -0.459 e. The van der Waals surface area contributed by atoms with Gasteiger partial charge in [0.25, 0.3) is 12.3 Å². The molecule has 0 bridgehead atoms. The quantitative estimate of drug-likeness (QED) is 0.427. The van der Waals surface area contributed by atoms with E-state index in [-0.39, 0.29) is 23.6 Å². The Labute approximate surface area is 174 Å². The minimum absolute atomic E-state index is 0.00979. The molecule has 3 N–H and O–H groups in total. The number of amides is 1. The summed E-state index contributed by atoms with van der Waals surface area (Å²) in [4.78, 5) is 25.2. The predicted octanol–water partition coefficient (Wildman–Crippen LogP) is 1.85. The van der Waals surface area contributed by atoms with Gasteiger partial charge in [0.05, 0.1) is 6.61 Å². The van der Waals surface area contributed by atoms with Crippen LogP contribution in [0.3, 0.4) is 0 Å². The largest absolute Gasteiger partial charge is 0.459 e. The zero-order valence-electron chi connectivity index (χ0n) is 16.6. The molecule has 6 nitrogen and oxygen atoms in total. The van der Waals surface area contributed by atoms with Gasteiger partial charge in [-0.05, 0) is 28.6 Å². The van der Waals surface area contributed by atoms with Crippen LogP contribution in [-0.2, 0) is 22.7 Å². The van der Waals surface area contributed by atoms with Crippen LogP contribution in [0.4, 0.5) is 8.78 Å². The molecule has 0 aliphatic rings. The van der Waals surface area contributed by atoms with Crippen molar-refractivity contribution >= 4 is 24.8 Å². The van der Waals surface area contributed by atoms with E-state index in [9.17, 15) is 28.5 Å². The highest BCUT2D eigenvalue weighted by Gasteiger charge is 2.30. The Bertz CT molecular complexity index is 877. The summed E-state index contributed by atoms with van der Waals surface area (Å²) in [5.74, 6) is -1.97. The zero-order valence-corrected chi connectivity index (χ0v) is 16.6. The van der Waals surface area contributed by atoms with Gasteiger partial charge in [0, 0.05) is 11.1 Å². The Hall–Kier alpha value is -2.78. The van der Waals surface area contributed by atoms with E-state index in [0.29, 0.717) is 7.48 Å². The molecule has 9 heteroatoms. The lowest BCUT2D eigenvalue weighted by Gasteiger charge is -2.22. The van der Waals surface area contributed by atoms with Crippen LogP contribution in [0, 0.1) is 5.92 Å². The number of carbonyl (C=O) groups excluding carboxylic acids is 2. The number of nitrogens with one attached hydrogen (secondary N) is 1. The molecule has 0 saturated heterocycles. The number of aliphatic hydroxyl groups is 1. The number of rotatable bonds is 9. The van der Waals surface area contributed by atoms with E-state index >= 15 is 0 Å². The van der Waals surface area contributed by atoms with Crippen LogP contribution in [0.2, 0.25) is 0 Å². The summed E-state index contributed by atoms with van der Waals surface area (Å²) in [6, 6.07) is 10.3. The highest BCUT2D eigenvalue weighted by atomic mass is 19.3. The van der Waals surface area contributed by atoms with E-state index < -0.39 is 42.1 Å². The first-order valence-electron chi connectivity index (χ1n) is 9.33. The first kappa shape index (κ1) is 23.5. The number of hydrogen-bond acceptors (Lipinski definition) is 5. The third kappa shape index (κ3) is 5.64. The molecular weight excluding hydrogens is 395 g/mol. The molecule has 0 aliphatic heterocycles. The summed E-state index contributed by atoms with van der Waals surface area (Å²) in [6.07, 6.45) is -3.09. The van der Waals surface area contributed by atoms with Gasteiger partial charge in [-0.2, -0.15) is 0 Å². The molecule has 0 unspecified atom stereocenters. The Morgan fingerprint density at radius 1 is 1.13 bits per heavy atom. The summed E-state index contributed by atoms with van der Waals surface area (Å²) in [5, 5.41) is 21.1. The average Bonchev–Trinajstić information content (AvgIpc) is 2.74. The van der Waals surface area contributed by atoms with Crippen LogP contribution in [-0.4, -0.2) is 35.5 Å². The molecule has 1 amide bonds. The fourth-order valence-electron chi connectivity index (χ4n) is 2.94. The number of carbonyl (C=O) groups is 2. The number of benzene rings is 2. The van der Waals surface area contributed by atoms with Crippen LogP contribution in [0.15, 0.2) is 42.5 Å². The van der Waals surface area contributed by atoms with Gasteiger partial charge in [0.2, 0.25) is 0 Å². The number of hydrogen-bond donors (Lipinski definition) is 3. The smallest absolute Gasteiger partial charge is 0.329 e. The number of alkyl halides is 2. The molecule has 1 radical (unpaired) electrons. The lowest BCUT2D eigenvalue weighted by molar-refractivity contribution is -0.148. The van der Waals surface area contributed by atoms with E-state index in [1.165, 1.54) is 6.07 Å². The first-order valence-corrected chi connectivity index (χ1v) is 9.33. The van der Waals surface area contributed by atoms with Gasteiger partial charge in [0.15, 0.2) is 0 Å². The molecule has 2 aromatic carbocycles. The van der Waals surface area contributed by atoms with Crippen LogP contribution in [0.1, 0.15) is 47.3 Å². The fraction of sp³-hybridized carbons (Fsp3) is 0.333. The second-order valence-corrected chi connectivity index (χ2v) is 6.98. The number of halogens is 2. The molecular formula is C21H23BF2NO5. The van der Waals surface area contributed by atoms with Gasteiger partial charge in [-0.25, -0.2) is 13.6 Å².